The number of amides is 1. The Bertz CT molecular complexity index is 1090. The number of anilines is 1. The lowest BCUT2D eigenvalue weighted by atomic mass is 10.1. The number of nitrogens with zero attached hydrogens (tertiary/aromatic N) is 3. The molecule has 0 bridgehead atoms. The number of ether oxygens (including phenoxy) is 1. The summed E-state index contributed by atoms with van der Waals surface area (Å²) in [5.74, 6) is 0. The lowest BCUT2D eigenvalue weighted by Crippen LogP contribution is -2.35. The number of hydrogen-bond donors (Lipinski definition) is 3. The summed E-state index contributed by atoms with van der Waals surface area (Å²) in [6, 6.07) is 6.01. The molecule has 0 aliphatic carbocycles. The molecule has 2 aromatic heterocycles. The maximum Gasteiger partial charge on any atom is 0.407 e. The van der Waals surface area contributed by atoms with Crippen LogP contribution in [-0.2, 0) is 11.3 Å². The third kappa shape index (κ3) is 4.08. The maximum absolute atomic E-state index is 11.8. The van der Waals surface area contributed by atoms with E-state index < -0.39 is 11.7 Å². The summed E-state index contributed by atoms with van der Waals surface area (Å²) in [6.45, 7) is 6.96. The molecule has 1 aromatic carbocycles. The molecule has 158 valence electrons. The first-order valence-corrected chi connectivity index (χ1v) is 10.7. The highest BCUT2D eigenvalue weighted by molar-refractivity contribution is 8.00. The number of benzene rings is 1. The van der Waals surface area contributed by atoms with Crippen LogP contribution in [0.3, 0.4) is 0 Å². The van der Waals surface area contributed by atoms with Crippen molar-refractivity contribution in [3.8, 4) is 11.3 Å². The van der Waals surface area contributed by atoms with Crippen molar-refractivity contribution in [2.75, 3.05) is 25.0 Å². The number of hydrogen-bond acceptors (Lipinski definition) is 7. The SMILES string of the molecule is CC(C)(C)OC(=O)NCCNc1ccc2c3c(nn2CCO)-c2cnccc2Sc13. The second-order valence-corrected chi connectivity index (χ2v) is 9.01. The van der Waals surface area contributed by atoms with Gasteiger partial charge in [0.2, 0.25) is 0 Å². The fraction of sp³-hybridized carbons (Fsp3) is 0.381. The van der Waals surface area contributed by atoms with E-state index in [2.05, 4.69) is 15.6 Å². The van der Waals surface area contributed by atoms with Crippen molar-refractivity contribution >= 4 is 34.4 Å². The van der Waals surface area contributed by atoms with Gasteiger partial charge >= 0.3 is 6.09 Å². The third-order valence-electron chi connectivity index (χ3n) is 4.54. The Morgan fingerprint density at radius 3 is 2.87 bits per heavy atom. The molecule has 0 saturated heterocycles. The highest BCUT2D eigenvalue weighted by Crippen LogP contribution is 2.49. The molecule has 3 heterocycles. The molecule has 9 heteroatoms. The van der Waals surface area contributed by atoms with E-state index in [4.69, 9.17) is 9.84 Å². The topological polar surface area (TPSA) is 101 Å². The summed E-state index contributed by atoms with van der Waals surface area (Å²) in [7, 11) is 0. The van der Waals surface area contributed by atoms with Crippen molar-refractivity contribution in [3.63, 3.8) is 0 Å². The summed E-state index contributed by atoms with van der Waals surface area (Å²) in [6.07, 6.45) is 3.19. The summed E-state index contributed by atoms with van der Waals surface area (Å²) < 4.78 is 7.10. The number of aliphatic hydroxyl groups is 1. The van der Waals surface area contributed by atoms with Gasteiger partial charge in [-0.25, -0.2) is 4.79 Å². The highest BCUT2D eigenvalue weighted by atomic mass is 32.2. The number of nitrogens with one attached hydrogen (secondary N) is 2. The maximum atomic E-state index is 11.8. The largest absolute Gasteiger partial charge is 0.444 e. The predicted molar refractivity (Wildman–Crippen MR) is 117 cm³/mol. The number of aliphatic hydroxyl groups excluding tert-OH is 1. The van der Waals surface area contributed by atoms with Crippen molar-refractivity contribution in [3.05, 3.63) is 30.6 Å². The lowest BCUT2D eigenvalue weighted by molar-refractivity contribution is 0.0530. The van der Waals surface area contributed by atoms with Gasteiger partial charge in [0, 0.05) is 51.9 Å². The normalized spacial score (nSPS) is 12.5. The number of carbonyl (C=O) groups is 1. The molecule has 0 saturated carbocycles. The van der Waals surface area contributed by atoms with Gasteiger partial charge in [-0.1, -0.05) is 11.8 Å². The molecule has 1 aliphatic heterocycles. The fourth-order valence-electron chi connectivity index (χ4n) is 3.37. The summed E-state index contributed by atoms with van der Waals surface area (Å²) in [5.41, 5.74) is 3.32. The smallest absolute Gasteiger partial charge is 0.407 e. The van der Waals surface area contributed by atoms with Crippen LogP contribution in [0.4, 0.5) is 10.5 Å². The third-order valence-corrected chi connectivity index (χ3v) is 5.74. The van der Waals surface area contributed by atoms with E-state index in [9.17, 15) is 9.90 Å². The molecule has 3 N–H and O–H groups in total. The minimum atomic E-state index is -0.517. The average molecular weight is 428 g/mol. The Hall–Kier alpha value is -2.78. The van der Waals surface area contributed by atoms with Crippen LogP contribution in [0, 0.1) is 0 Å². The van der Waals surface area contributed by atoms with Crippen molar-refractivity contribution in [2.45, 2.75) is 42.7 Å². The lowest BCUT2D eigenvalue weighted by Gasteiger charge is -2.20. The van der Waals surface area contributed by atoms with Gasteiger partial charge in [0.15, 0.2) is 0 Å². The molecule has 1 amide bonds. The molecule has 0 unspecified atom stereocenters. The molecule has 3 aromatic rings. The van der Waals surface area contributed by atoms with Crippen molar-refractivity contribution < 1.29 is 14.6 Å². The van der Waals surface area contributed by atoms with Crippen LogP contribution in [0.1, 0.15) is 20.8 Å². The first kappa shape index (κ1) is 20.5. The molecular weight excluding hydrogens is 402 g/mol. The van der Waals surface area contributed by atoms with Gasteiger partial charge in [-0.15, -0.1) is 0 Å². The van der Waals surface area contributed by atoms with Crippen molar-refractivity contribution in [1.82, 2.24) is 20.1 Å². The minimum absolute atomic E-state index is 0.0227. The van der Waals surface area contributed by atoms with Gasteiger partial charge in [-0.2, -0.15) is 5.10 Å². The van der Waals surface area contributed by atoms with Crippen LogP contribution in [0.2, 0.25) is 0 Å². The van der Waals surface area contributed by atoms with E-state index >= 15 is 0 Å². The van der Waals surface area contributed by atoms with E-state index in [0.717, 1.165) is 37.6 Å². The van der Waals surface area contributed by atoms with Gasteiger partial charge in [0.1, 0.15) is 11.3 Å². The van der Waals surface area contributed by atoms with Crippen LogP contribution in [0.15, 0.2) is 40.4 Å². The van der Waals surface area contributed by atoms with E-state index in [0.29, 0.717) is 19.6 Å². The van der Waals surface area contributed by atoms with Crippen LogP contribution < -0.4 is 10.6 Å². The monoisotopic (exact) mass is 427 g/mol. The minimum Gasteiger partial charge on any atom is -0.444 e. The van der Waals surface area contributed by atoms with Crippen molar-refractivity contribution in [2.24, 2.45) is 0 Å². The molecule has 8 nitrogen and oxygen atoms in total. The summed E-state index contributed by atoms with van der Waals surface area (Å²) in [4.78, 5) is 18.3. The van der Waals surface area contributed by atoms with Gasteiger partial charge in [-0.3, -0.25) is 9.67 Å². The zero-order chi connectivity index (χ0) is 21.3. The number of pyridine rings is 1. The molecule has 0 fully saturated rings. The number of aromatic nitrogens is 3. The Labute approximate surface area is 179 Å². The molecular formula is C21H25N5O3S. The second-order valence-electron chi connectivity index (χ2n) is 7.96. The standard InChI is InChI=1S/C21H25N5O3S/c1-21(2,3)29-20(28)24-9-8-23-14-4-5-15-17-18(25-26(15)10-11-27)13-12-22-7-6-16(13)30-19(14)17/h4-7,12,23,27H,8-11H2,1-3H3,(H,24,28). The number of fused-ring (bicyclic) bond motifs is 2. The fourth-order valence-corrected chi connectivity index (χ4v) is 4.54. The Morgan fingerprint density at radius 2 is 2.10 bits per heavy atom. The first-order chi connectivity index (χ1) is 14.4. The Morgan fingerprint density at radius 1 is 1.27 bits per heavy atom. The van der Waals surface area contributed by atoms with Gasteiger partial charge < -0.3 is 20.5 Å². The molecule has 0 atom stereocenters. The molecule has 0 radical (unpaired) electrons. The summed E-state index contributed by atoms with van der Waals surface area (Å²) >= 11 is 1.67. The second kappa shape index (κ2) is 8.16. The van der Waals surface area contributed by atoms with Gasteiger partial charge in [0.25, 0.3) is 0 Å². The van der Waals surface area contributed by atoms with E-state index in [1.807, 2.05) is 49.8 Å². The zero-order valence-electron chi connectivity index (χ0n) is 17.2. The van der Waals surface area contributed by atoms with E-state index in [1.54, 1.807) is 18.0 Å². The zero-order valence-corrected chi connectivity index (χ0v) is 18.0. The molecule has 1 aliphatic rings. The molecule has 4 rings (SSSR count). The van der Waals surface area contributed by atoms with Gasteiger partial charge in [-0.05, 0) is 39.0 Å². The van der Waals surface area contributed by atoms with Crippen LogP contribution in [0.25, 0.3) is 22.2 Å². The van der Waals surface area contributed by atoms with Crippen LogP contribution in [-0.4, -0.2) is 51.3 Å². The number of carbonyl (C=O) groups excluding carboxylic acids is 1. The number of alkyl carbamates (subject to hydrolysis) is 1. The molecule has 0 spiro atoms. The number of rotatable bonds is 6. The predicted octanol–water partition coefficient (Wildman–Crippen LogP) is 3.49. The van der Waals surface area contributed by atoms with Crippen LogP contribution in [0.5, 0.6) is 0 Å². The highest BCUT2D eigenvalue weighted by Gasteiger charge is 2.26. The van der Waals surface area contributed by atoms with Crippen LogP contribution >= 0.6 is 11.8 Å². The van der Waals surface area contributed by atoms with Gasteiger partial charge in [0.05, 0.1) is 18.7 Å². The molecule has 30 heavy (non-hydrogen) atoms. The Balaban J connectivity index is 1.57. The summed E-state index contributed by atoms with van der Waals surface area (Å²) in [5, 5.41) is 21.4. The average Bonchev–Trinajstić information content (AvgIpc) is 3.05. The first-order valence-electron chi connectivity index (χ1n) is 9.85. The van der Waals surface area contributed by atoms with Crippen molar-refractivity contribution in [1.29, 1.82) is 0 Å². The van der Waals surface area contributed by atoms with E-state index in [1.165, 1.54) is 0 Å². The quantitative estimate of drug-likeness (QED) is 0.405. The van der Waals surface area contributed by atoms with E-state index in [-0.39, 0.29) is 6.61 Å². The Kier molecular flexibility index (Phi) is 5.57.